The standard InChI is InChI=1S/C13H17N3O/c1-10-4-2-6-12(8-10)16-13(17)11(9-15-16)5-3-7-14/h2,4,6,8-9,15H,3,5,7,14H2,1H3. The average Bonchev–Trinajstić information content (AvgIpc) is 2.68. The van der Waals surface area contributed by atoms with Crippen molar-refractivity contribution in [1.82, 2.24) is 9.78 Å². The van der Waals surface area contributed by atoms with Crippen LogP contribution in [-0.4, -0.2) is 16.3 Å². The number of hydrogen-bond donors (Lipinski definition) is 2. The third kappa shape index (κ3) is 2.47. The van der Waals surface area contributed by atoms with Crippen LogP contribution in [0.2, 0.25) is 0 Å². The second-order valence-electron chi connectivity index (χ2n) is 4.17. The fraction of sp³-hybridized carbons (Fsp3) is 0.308. The Morgan fingerprint density at radius 2 is 2.24 bits per heavy atom. The quantitative estimate of drug-likeness (QED) is 0.834. The first kappa shape index (κ1) is 11.7. The lowest BCUT2D eigenvalue weighted by atomic mass is 10.2. The predicted molar refractivity (Wildman–Crippen MR) is 68.5 cm³/mol. The van der Waals surface area contributed by atoms with E-state index in [-0.39, 0.29) is 5.56 Å². The Morgan fingerprint density at radius 1 is 1.41 bits per heavy atom. The lowest BCUT2D eigenvalue weighted by molar-refractivity contribution is 0.816. The Morgan fingerprint density at radius 3 is 2.94 bits per heavy atom. The average molecular weight is 231 g/mol. The highest BCUT2D eigenvalue weighted by molar-refractivity contribution is 5.35. The number of nitrogens with one attached hydrogen (secondary N) is 1. The van der Waals surface area contributed by atoms with Crippen LogP contribution in [0.25, 0.3) is 5.69 Å². The van der Waals surface area contributed by atoms with E-state index in [4.69, 9.17) is 5.73 Å². The molecule has 0 aliphatic rings. The van der Waals surface area contributed by atoms with Gasteiger partial charge in [-0.25, -0.2) is 4.68 Å². The summed E-state index contributed by atoms with van der Waals surface area (Å²) in [6.45, 7) is 2.61. The molecule has 3 N–H and O–H groups in total. The van der Waals surface area contributed by atoms with Gasteiger partial charge in [0.1, 0.15) is 0 Å². The number of H-pyrrole nitrogens is 1. The fourth-order valence-electron chi connectivity index (χ4n) is 1.84. The summed E-state index contributed by atoms with van der Waals surface area (Å²) in [5, 5.41) is 2.99. The molecule has 0 aliphatic carbocycles. The van der Waals surface area contributed by atoms with Gasteiger partial charge in [0.15, 0.2) is 0 Å². The summed E-state index contributed by atoms with van der Waals surface area (Å²) in [6, 6.07) is 7.84. The van der Waals surface area contributed by atoms with Gasteiger partial charge >= 0.3 is 0 Å². The molecular formula is C13H17N3O. The number of hydrogen-bond acceptors (Lipinski definition) is 2. The summed E-state index contributed by atoms with van der Waals surface area (Å²) in [5.41, 5.74) is 8.25. The van der Waals surface area contributed by atoms with E-state index in [0.717, 1.165) is 29.7 Å². The van der Waals surface area contributed by atoms with E-state index in [1.165, 1.54) is 0 Å². The van der Waals surface area contributed by atoms with Crippen LogP contribution >= 0.6 is 0 Å². The topological polar surface area (TPSA) is 63.8 Å². The molecule has 0 saturated heterocycles. The highest BCUT2D eigenvalue weighted by Gasteiger charge is 2.06. The first-order chi connectivity index (χ1) is 8.22. The zero-order valence-electron chi connectivity index (χ0n) is 9.94. The molecule has 17 heavy (non-hydrogen) atoms. The number of nitrogens with zero attached hydrogens (tertiary/aromatic N) is 1. The molecule has 0 atom stereocenters. The minimum Gasteiger partial charge on any atom is -0.330 e. The molecule has 2 aromatic rings. The van der Waals surface area contributed by atoms with Gasteiger partial charge in [-0.2, -0.15) is 0 Å². The van der Waals surface area contributed by atoms with Crippen molar-refractivity contribution in [3.05, 3.63) is 51.9 Å². The second kappa shape index (κ2) is 5.01. The molecule has 0 saturated carbocycles. The van der Waals surface area contributed by atoms with E-state index >= 15 is 0 Å². The van der Waals surface area contributed by atoms with Crippen molar-refractivity contribution in [1.29, 1.82) is 0 Å². The maximum atomic E-state index is 12.1. The second-order valence-corrected chi connectivity index (χ2v) is 4.17. The van der Waals surface area contributed by atoms with Gasteiger partial charge in [0.05, 0.1) is 5.69 Å². The first-order valence-electron chi connectivity index (χ1n) is 5.79. The molecular weight excluding hydrogens is 214 g/mol. The van der Waals surface area contributed by atoms with Crippen LogP contribution in [-0.2, 0) is 6.42 Å². The number of aryl methyl sites for hydroxylation is 2. The summed E-state index contributed by atoms with van der Waals surface area (Å²) < 4.78 is 1.57. The zero-order chi connectivity index (χ0) is 12.3. The van der Waals surface area contributed by atoms with Crippen LogP contribution < -0.4 is 11.3 Å². The van der Waals surface area contributed by atoms with Crippen molar-refractivity contribution in [2.24, 2.45) is 5.73 Å². The van der Waals surface area contributed by atoms with E-state index in [2.05, 4.69) is 5.10 Å². The molecule has 2 rings (SSSR count). The largest absolute Gasteiger partial charge is 0.330 e. The molecule has 0 fully saturated rings. The Bertz CT molecular complexity index is 554. The monoisotopic (exact) mass is 231 g/mol. The highest BCUT2D eigenvalue weighted by atomic mass is 16.1. The van der Waals surface area contributed by atoms with Crippen molar-refractivity contribution in [2.75, 3.05) is 6.54 Å². The molecule has 1 aromatic carbocycles. The van der Waals surface area contributed by atoms with Crippen LogP contribution in [0.1, 0.15) is 17.5 Å². The number of rotatable bonds is 4. The Hall–Kier alpha value is -1.81. The van der Waals surface area contributed by atoms with Crippen molar-refractivity contribution in [2.45, 2.75) is 19.8 Å². The van der Waals surface area contributed by atoms with Crippen molar-refractivity contribution in [3.63, 3.8) is 0 Å². The minimum absolute atomic E-state index is 0.0176. The van der Waals surface area contributed by atoms with Crippen LogP contribution in [0.5, 0.6) is 0 Å². The molecule has 0 aliphatic heterocycles. The lowest BCUT2D eigenvalue weighted by Gasteiger charge is -2.01. The van der Waals surface area contributed by atoms with Gasteiger partial charge in [-0.3, -0.25) is 9.89 Å². The van der Waals surface area contributed by atoms with E-state index in [9.17, 15) is 4.79 Å². The van der Waals surface area contributed by atoms with Gasteiger partial charge in [0, 0.05) is 11.8 Å². The maximum Gasteiger partial charge on any atom is 0.274 e. The molecule has 0 spiro atoms. The summed E-state index contributed by atoms with van der Waals surface area (Å²) in [5.74, 6) is 0. The molecule has 0 bridgehead atoms. The molecule has 1 heterocycles. The van der Waals surface area contributed by atoms with Gasteiger partial charge in [0.2, 0.25) is 0 Å². The maximum absolute atomic E-state index is 12.1. The minimum atomic E-state index is 0.0176. The van der Waals surface area contributed by atoms with Crippen molar-refractivity contribution in [3.8, 4) is 5.69 Å². The predicted octanol–water partition coefficient (Wildman–Crippen LogP) is 1.37. The van der Waals surface area contributed by atoms with Gasteiger partial charge in [-0.15, -0.1) is 0 Å². The van der Waals surface area contributed by atoms with Crippen molar-refractivity contribution < 1.29 is 0 Å². The Labute approximate surface area is 100 Å². The molecule has 0 radical (unpaired) electrons. The number of aromatic nitrogens is 2. The van der Waals surface area contributed by atoms with Crippen LogP contribution in [0.4, 0.5) is 0 Å². The Balaban J connectivity index is 2.34. The number of nitrogens with two attached hydrogens (primary N) is 1. The lowest BCUT2D eigenvalue weighted by Crippen LogP contribution is -2.18. The molecule has 0 amide bonds. The van der Waals surface area contributed by atoms with Crippen LogP contribution in [0, 0.1) is 6.92 Å². The van der Waals surface area contributed by atoms with Gasteiger partial charge in [0.25, 0.3) is 5.56 Å². The smallest absolute Gasteiger partial charge is 0.274 e. The van der Waals surface area contributed by atoms with E-state index in [1.54, 1.807) is 10.9 Å². The van der Waals surface area contributed by atoms with Gasteiger partial charge in [-0.1, -0.05) is 12.1 Å². The van der Waals surface area contributed by atoms with E-state index in [0.29, 0.717) is 6.54 Å². The Kier molecular flexibility index (Phi) is 3.44. The molecule has 90 valence electrons. The van der Waals surface area contributed by atoms with Gasteiger partial charge < -0.3 is 5.73 Å². The zero-order valence-corrected chi connectivity index (χ0v) is 9.94. The summed E-state index contributed by atoms with van der Waals surface area (Å²) in [4.78, 5) is 12.1. The number of benzene rings is 1. The summed E-state index contributed by atoms with van der Waals surface area (Å²) >= 11 is 0. The number of aromatic amines is 1. The third-order valence-corrected chi connectivity index (χ3v) is 2.76. The van der Waals surface area contributed by atoms with E-state index < -0.39 is 0 Å². The molecule has 1 aromatic heterocycles. The van der Waals surface area contributed by atoms with E-state index in [1.807, 2.05) is 31.2 Å². The van der Waals surface area contributed by atoms with Crippen molar-refractivity contribution >= 4 is 0 Å². The summed E-state index contributed by atoms with van der Waals surface area (Å²) in [7, 11) is 0. The normalized spacial score (nSPS) is 10.7. The van der Waals surface area contributed by atoms with Crippen LogP contribution in [0.3, 0.4) is 0 Å². The van der Waals surface area contributed by atoms with Crippen LogP contribution in [0.15, 0.2) is 35.3 Å². The summed E-state index contributed by atoms with van der Waals surface area (Å²) in [6.07, 6.45) is 3.33. The highest BCUT2D eigenvalue weighted by Crippen LogP contribution is 2.07. The van der Waals surface area contributed by atoms with Gasteiger partial charge in [-0.05, 0) is 44.0 Å². The third-order valence-electron chi connectivity index (χ3n) is 2.76. The SMILES string of the molecule is Cc1cccc(-n2[nH]cc(CCCN)c2=O)c1. The molecule has 4 heteroatoms. The molecule has 4 nitrogen and oxygen atoms in total. The first-order valence-corrected chi connectivity index (χ1v) is 5.79. The molecule has 0 unspecified atom stereocenters. The fourth-order valence-corrected chi connectivity index (χ4v) is 1.84.